The van der Waals surface area contributed by atoms with Gasteiger partial charge in [-0.15, -0.1) is 0 Å². The molecule has 1 aliphatic heterocycles. The van der Waals surface area contributed by atoms with Crippen molar-refractivity contribution in [2.45, 2.75) is 51.6 Å². The van der Waals surface area contributed by atoms with Gasteiger partial charge in [0.2, 0.25) is 0 Å². The molecule has 0 N–H and O–H groups in total. The number of methoxy groups -OCH3 is 1. The maximum absolute atomic E-state index is 5.82. The second-order valence-corrected chi connectivity index (χ2v) is 5.42. The summed E-state index contributed by atoms with van der Waals surface area (Å²) in [5.41, 5.74) is 1.22. The Morgan fingerprint density at radius 3 is 2.39 bits per heavy atom. The molecular formula is C15H22O3. The first-order valence-corrected chi connectivity index (χ1v) is 6.43. The average molecular weight is 250 g/mol. The van der Waals surface area contributed by atoms with Crippen molar-refractivity contribution in [2.75, 3.05) is 7.11 Å². The van der Waals surface area contributed by atoms with Gasteiger partial charge in [0, 0.05) is 6.42 Å². The van der Waals surface area contributed by atoms with Crippen LogP contribution in [0.3, 0.4) is 0 Å². The van der Waals surface area contributed by atoms with Crippen molar-refractivity contribution >= 4 is 0 Å². The lowest BCUT2D eigenvalue weighted by atomic mass is 10.1. The van der Waals surface area contributed by atoms with Crippen LogP contribution in [0.4, 0.5) is 0 Å². The van der Waals surface area contributed by atoms with Gasteiger partial charge < -0.3 is 14.2 Å². The van der Waals surface area contributed by atoms with Crippen LogP contribution in [0.15, 0.2) is 24.3 Å². The number of rotatable bonds is 6. The molecule has 1 saturated heterocycles. The molecule has 3 heteroatoms. The smallest absolute Gasteiger partial charge is 0.118 e. The molecule has 0 unspecified atom stereocenters. The minimum Gasteiger partial charge on any atom is -0.497 e. The van der Waals surface area contributed by atoms with Crippen molar-refractivity contribution in [3.8, 4) is 5.75 Å². The van der Waals surface area contributed by atoms with Crippen LogP contribution < -0.4 is 4.74 Å². The molecule has 2 rings (SSSR count). The van der Waals surface area contributed by atoms with Crippen LogP contribution in [-0.4, -0.2) is 24.9 Å². The standard InChI is InChI=1S/C15H22O3/c1-11(9-14-15(2,3)18-14)17-10-12-5-7-13(16-4)8-6-12/h5-8,11,14H,9-10H2,1-4H3/t11-,14-/m0/s1. The molecule has 0 radical (unpaired) electrons. The number of ether oxygens (including phenoxy) is 3. The summed E-state index contributed by atoms with van der Waals surface area (Å²) in [4.78, 5) is 0. The monoisotopic (exact) mass is 250 g/mol. The minimum absolute atomic E-state index is 0.0533. The zero-order chi connectivity index (χ0) is 13.2. The lowest BCUT2D eigenvalue weighted by molar-refractivity contribution is 0.0426. The molecule has 1 fully saturated rings. The summed E-state index contributed by atoms with van der Waals surface area (Å²) in [6.07, 6.45) is 1.53. The van der Waals surface area contributed by atoms with Gasteiger partial charge in [-0.3, -0.25) is 0 Å². The highest BCUT2D eigenvalue weighted by atomic mass is 16.6. The van der Waals surface area contributed by atoms with E-state index < -0.39 is 0 Å². The summed E-state index contributed by atoms with van der Waals surface area (Å²) in [5.74, 6) is 0.875. The van der Waals surface area contributed by atoms with E-state index in [-0.39, 0.29) is 11.7 Å². The highest BCUT2D eigenvalue weighted by molar-refractivity contribution is 5.26. The first-order valence-electron chi connectivity index (χ1n) is 6.43. The highest BCUT2D eigenvalue weighted by Gasteiger charge is 2.48. The van der Waals surface area contributed by atoms with Crippen LogP contribution in [0, 0.1) is 0 Å². The van der Waals surface area contributed by atoms with Crippen molar-refractivity contribution in [1.82, 2.24) is 0 Å². The summed E-state index contributed by atoms with van der Waals surface area (Å²) < 4.78 is 16.5. The highest BCUT2D eigenvalue weighted by Crippen LogP contribution is 2.38. The van der Waals surface area contributed by atoms with E-state index in [0.717, 1.165) is 12.2 Å². The van der Waals surface area contributed by atoms with Crippen LogP contribution in [-0.2, 0) is 16.1 Å². The Morgan fingerprint density at radius 2 is 1.89 bits per heavy atom. The van der Waals surface area contributed by atoms with Crippen LogP contribution in [0.1, 0.15) is 32.8 Å². The van der Waals surface area contributed by atoms with Crippen molar-refractivity contribution < 1.29 is 14.2 Å². The fraction of sp³-hybridized carbons (Fsp3) is 0.600. The Labute approximate surface area is 109 Å². The van der Waals surface area contributed by atoms with E-state index in [1.165, 1.54) is 5.56 Å². The van der Waals surface area contributed by atoms with Crippen LogP contribution in [0.25, 0.3) is 0 Å². The van der Waals surface area contributed by atoms with Crippen LogP contribution >= 0.6 is 0 Å². The Hall–Kier alpha value is -1.06. The molecule has 100 valence electrons. The molecule has 1 heterocycles. The SMILES string of the molecule is COc1ccc(CO[C@@H](C)C[C@@H]2OC2(C)C)cc1. The van der Waals surface area contributed by atoms with Crippen LogP contribution in [0.5, 0.6) is 5.75 Å². The van der Waals surface area contributed by atoms with Gasteiger partial charge in [0.25, 0.3) is 0 Å². The van der Waals surface area contributed by atoms with E-state index in [1.54, 1.807) is 7.11 Å². The Kier molecular flexibility index (Phi) is 3.93. The summed E-state index contributed by atoms with van der Waals surface area (Å²) in [5, 5.41) is 0. The molecule has 0 spiro atoms. The van der Waals surface area contributed by atoms with Gasteiger partial charge in [-0.25, -0.2) is 0 Å². The Morgan fingerprint density at radius 1 is 1.28 bits per heavy atom. The summed E-state index contributed by atoms with van der Waals surface area (Å²) in [6.45, 7) is 6.97. The van der Waals surface area contributed by atoms with E-state index in [1.807, 2.05) is 24.3 Å². The third-order valence-corrected chi connectivity index (χ3v) is 3.40. The van der Waals surface area contributed by atoms with E-state index in [9.17, 15) is 0 Å². The fourth-order valence-corrected chi connectivity index (χ4v) is 1.99. The molecule has 1 aliphatic rings. The van der Waals surface area contributed by atoms with Gasteiger partial charge in [-0.2, -0.15) is 0 Å². The lowest BCUT2D eigenvalue weighted by Crippen LogP contribution is -2.14. The first kappa shape index (κ1) is 13.4. The fourth-order valence-electron chi connectivity index (χ4n) is 1.99. The Balaban J connectivity index is 1.73. The van der Waals surface area contributed by atoms with E-state index in [0.29, 0.717) is 12.7 Å². The molecule has 1 aromatic rings. The van der Waals surface area contributed by atoms with Crippen molar-refractivity contribution in [3.05, 3.63) is 29.8 Å². The molecule has 0 aromatic heterocycles. The van der Waals surface area contributed by atoms with Crippen LogP contribution in [0.2, 0.25) is 0 Å². The van der Waals surface area contributed by atoms with Gasteiger partial charge >= 0.3 is 0 Å². The quantitative estimate of drug-likeness (QED) is 0.727. The maximum atomic E-state index is 5.82. The number of hydrogen-bond donors (Lipinski definition) is 0. The van der Waals surface area contributed by atoms with Gasteiger partial charge in [0.1, 0.15) is 5.75 Å². The largest absolute Gasteiger partial charge is 0.497 e. The predicted molar refractivity (Wildman–Crippen MR) is 70.8 cm³/mol. The number of hydrogen-bond acceptors (Lipinski definition) is 3. The van der Waals surface area contributed by atoms with Gasteiger partial charge in [0.05, 0.1) is 31.5 Å². The minimum atomic E-state index is 0.0533. The molecule has 0 aliphatic carbocycles. The molecule has 1 aromatic carbocycles. The molecule has 2 atom stereocenters. The predicted octanol–water partition coefficient (Wildman–Crippen LogP) is 3.17. The molecule has 3 nitrogen and oxygen atoms in total. The van der Waals surface area contributed by atoms with Gasteiger partial charge in [0.15, 0.2) is 0 Å². The van der Waals surface area contributed by atoms with E-state index in [2.05, 4.69) is 20.8 Å². The van der Waals surface area contributed by atoms with E-state index in [4.69, 9.17) is 14.2 Å². The summed E-state index contributed by atoms with van der Waals surface area (Å²) >= 11 is 0. The normalized spacial score (nSPS) is 22.6. The molecular weight excluding hydrogens is 228 g/mol. The van der Waals surface area contributed by atoms with Crippen molar-refractivity contribution in [2.24, 2.45) is 0 Å². The summed E-state index contributed by atoms with van der Waals surface area (Å²) in [7, 11) is 1.67. The second-order valence-electron chi connectivity index (χ2n) is 5.42. The zero-order valence-corrected chi connectivity index (χ0v) is 11.6. The zero-order valence-electron chi connectivity index (χ0n) is 11.6. The summed E-state index contributed by atoms with van der Waals surface area (Å²) in [6, 6.07) is 7.97. The van der Waals surface area contributed by atoms with Crippen molar-refractivity contribution in [1.29, 1.82) is 0 Å². The topological polar surface area (TPSA) is 31.0 Å². The molecule has 0 bridgehead atoms. The maximum Gasteiger partial charge on any atom is 0.118 e. The van der Waals surface area contributed by atoms with Gasteiger partial charge in [-0.05, 0) is 38.5 Å². The average Bonchev–Trinajstić information content (AvgIpc) is 2.94. The third-order valence-electron chi connectivity index (χ3n) is 3.40. The second kappa shape index (κ2) is 5.29. The van der Waals surface area contributed by atoms with Crippen molar-refractivity contribution in [3.63, 3.8) is 0 Å². The molecule has 0 saturated carbocycles. The lowest BCUT2D eigenvalue weighted by Gasteiger charge is -2.12. The molecule has 18 heavy (non-hydrogen) atoms. The Bertz CT molecular complexity index is 383. The first-order chi connectivity index (χ1) is 8.51. The number of benzene rings is 1. The van der Waals surface area contributed by atoms with Gasteiger partial charge in [-0.1, -0.05) is 12.1 Å². The third kappa shape index (κ3) is 3.47. The van der Waals surface area contributed by atoms with E-state index >= 15 is 0 Å². The molecule has 0 amide bonds. The number of epoxide rings is 1.